The lowest BCUT2D eigenvalue weighted by Crippen LogP contribution is -2.34. The van der Waals surface area contributed by atoms with Crippen molar-refractivity contribution in [2.45, 2.75) is 19.6 Å². The van der Waals surface area contributed by atoms with Crippen molar-refractivity contribution < 1.29 is 18.4 Å². The molecule has 0 spiro atoms. The zero-order valence-corrected chi connectivity index (χ0v) is 19.4. The largest absolute Gasteiger partial charge is 0.347 e. The van der Waals surface area contributed by atoms with Crippen LogP contribution in [0.15, 0.2) is 84.2 Å². The second kappa shape index (κ2) is 11.3. The van der Waals surface area contributed by atoms with E-state index in [4.69, 9.17) is 0 Å². The van der Waals surface area contributed by atoms with Gasteiger partial charge in [-0.05, 0) is 23.3 Å². The van der Waals surface area contributed by atoms with Crippen LogP contribution in [-0.2, 0) is 19.6 Å². The van der Waals surface area contributed by atoms with Gasteiger partial charge in [0.25, 0.3) is 5.91 Å². The van der Waals surface area contributed by atoms with Gasteiger partial charge in [-0.1, -0.05) is 60.7 Å². The minimum absolute atomic E-state index is 0.126. The minimum atomic E-state index is -1.05. The van der Waals surface area contributed by atoms with Crippen molar-refractivity contribution in [1.82, 2.24) is 15.2 Å². The van der Waals surface area contributed by atoms with E-state index in [-0.39, 0.29) is 30.4 Å². The number of aromatic nitrogens is 1. The molecule has 0 atom stereocenters. The van der Waals surface area contributed by atoms with Gasteiger partial charge in [-0.25, -0.2) is 18.6 Å². The molecule has 0 aliphatic carbocycles. The Morgan fingerprint density at radius 2 is 1.54 bits per heavy atom. The second-order valence-corrected chi connectivity index (χ2v) is 8.64. The van der Waals surface area contributed by atoms with Crippen molar-refractivity contribution in [3.8, 4) is 0 Å². The topological polar surface area (TPSA) is 74.3 Å². The fraction of sp³-hybridized carbons (Fsp3) is 0.115. The van der Waals surface area contributed by atoms with Crippen LogP contribution in [0.25, 0.3) is 0 Å². The van der Waals surface area contributed by atoms with E-state index in [0.29, 0.717) is 11.6 Å². The maximum absolute atomic E-state index is 13.6. The highest BCUT2D eigenvalue weighted by Crippen LogP contribution is 2.18. The molecule has 0 unspecified atom stereocenters. The number of benzene rings is 3. The van der Waals surface area contributed by atoms with E-state index in [1.807, 2.05) is 60.7 Å². The van der Waals surface area contributed by atoms with Gasteiger partial charge in [-0.15, -0.1) is 11.3 Å². The fourth-order valence-corrected chi connectivity index (χ4v) is 4.09. The Bertz CT molecular complexity index is 1300. The van der Waals surface area contributed by atoms with E-state index in [2.05, 4.69) is 15.6 Å². The third-order valence-corrected chi connectivity index (χ3v) is 5.91. The first-order valence-corrected chi connectivity index (χ1v) is 11.7. The van der Waals surface area contributed by atoms with E-state index < -0.39 is 17.7 Å². The highest BCUT2D eigenvalue weighted by Gasteiger charge is 2.19. The van der Waals surface area contributed by atoms with Crippen molar-refractivity contribution in [2.24, 2.45) is 0 Å². The SMILES string of the molecule is O=C(NCc1ccccc1)c1csc(CN(Cc2ccccc2)C(=O)Nc2ccc(F)c(F)c2)n1. The number of rotatable bonds is 8. The number of thiazole rings is 1. The number of nitrogens with zero attached hydrogens (tertiary/aromatic N) is 2. The van der Waals surface area contributed by atoms with E-state index >= 15 is 0 Å². The van der Waals surface area contributed by atoms with Gasteiger partial charge in [0.05, 0.1) is 6.54 Å². The Hall–Kier alpha value is -4.11. The summed E-state index contributed by atoms with van der Waals surface area (Å²) in [6.07, 6.45) is 0. The van der Waals surface area contributed by atoms with Crippen molar-refractivity contribution >= 4 is 29.0 Å². The Labute approximate surface area is 205 Å². The fourth-order valence-electron chi connectivity index (χ4n) is 3.30. The van der Waals surface area contributed by atoms with Crippen molar-refractivity contribution in [2.75, 3.05) is 5.32 Å². The number of urea groups is 1. The predicted octanol–water partition coefficient (Wildman–Crippen LogP) is 5.59. The molecule has 1 aromatic heterocycles. The van der Waals surface area contributed by atoms with Crippen LogP contribution in [0.1, 0.15) is 26.6 Å². The monoisotopic (exact) mass is 492 g/mol. The molecule has 0 aliphatic heterocycles. The first-order chi connectivity index (χ1) is 17.0. The van der Waals surface area contributed by atoms with Crippen LogP contribution >= 0.6 is 11.3 Å². The van der Waals surface area contributed by atoms with E-state index in [0.717, 1.165) is 23.3 Å². The molecule has 35 heavy (non-hydrogen) atoms. The van der Waals surface area contributed by atoms with Gasteiger partial charge >= 0.3 is 6.03 Å². The molecule has 0 aliphatic rings. The summed E-state index contributed by atoms with van der Waals surface area (Å²) in [4.78, 5) is 31.4. The Kier molecular flexibility index (Phi) is 7.79. The summed E-state index contributed by atoms with van der Waals surface area (Å²) in [7, 11) is 0. The number of carbonyl (C=O) groups is 2. The Morgan fingerprint density at radius 1 is 0.857 bits per heavy atom. The molecule has 0 bridgehead atoms. The zero-order valence-electron chi connectivity index (χ0n) is 18.6. The number of carbonyl (C=O) groups excluding carboxylic acids is 2. The molecule has 4 aromatic rings. The standard InChI is InChI=1S/C26H22F2N4O2S/c27-21-12-11-20(13-22(21)28)30-26(34)32(15-19-9-5-2-6-10-19)16-24-31-23(17-35-24)25(33)29-14-18-7-3-1-4-8-18/h1-13,17H,14-16H2,(H,29,33)(H,30,34). The van der Waals surface area contributed by atoms with Crippen LogP contribution in [0.4, 0.5) is 19.3 Å². The summed E-state index contributed by atoms with van der Waals surface area (Å²) >= 11 is 1.26. The van der Waals surface area contributed by atoms with Gasteiger partial charge in [0.15, 0.2) is 11.6 Å². The lowest BCUT2D eigenvalue weighted by molar-refractivity contribution is 0.0946. The van der Waals surface area contributed by atoms with E-state index in [1.165, 1.54) is 22.3 Å². The first-order valence-electron chi connectivity index (χ1n) is 10.8. The van der Waals surface area contributed by atoms with Gasteiger partial charge in [-0.2, -0.15) is 0 Å². The molecule has 2 N–H and O–H groups in total. The highest BCUT2D eigenvalue weighted by atomic mass is 32.1. The van der Waals surface area contributed by atoms with Gasteiger partial charge in [0, 0.05) is 30.2 Å². The summed E-state index contributed by atoms with van der Waals surface area (Å²) < 4.78 is 26.8. The lowest BCUT2D eigenvalue weighted by Gasteiger charge is -2.22. The van der Waals surface area contributed by atoms with Crippen LogP contribution in [-0.4, -0.2) is 21.8 Å². The van der Waals surface area contributed by atoms with Gasteiger partial charge < -0.3 is 15.5 Å². The van der Waals surface area contributed by atoms with Gasteiger partial charge in [0.1, 0.15) is 10.7 Å². The molecule has 9 heteroatoms. The van der Waals surface area contributed by atoms with Crippen LogP contribution in [0.5, 0.6) is 0 Å². The number of nitrogens with one attached hydrogen (secondary N) is 2. The molecule has 1 heterocycles. The van der Waals surface area contributed by atoms with Crippen LogP contribution in [0.2, 0.25) is 0 Å². The molecule has 3 aromatic carbocycles. The Morgan fingerprint density at radius 3 is 2.23 bits per heavy atom. The molecule has 0 saturated carbocycles. The van der Waals surface area contributed by atoms with Crippen LogP contribution in [0.3, 0.4) is 0 Å². The molecular formula is C26H22F2N4O2S. The summed E-state index contributed by atoms with van der Waals surface area (Å²) in [5, 5.41) is 7.63. The predicted molar refractivity (Wildman–Crippen MR) is 131 cm³/mol. The third-order valence-electron chi connectivity index (χ3n) is 5.08. The van der Waals surface area contributed by atoms with E-state index in [1.54, 1.807) is 5.38 Å². The van der Waals surface area contributed by atoms with Crippen LogP contribution < -0.4 is 10.6 Å². The molecule has 3 amide bonds. The average molecular weight is 493 g/mol. The smallest absolute Gasteiger partial charge is 0.322 e. The van der Waals surface area contributed by atoms with Crippen LogP contribution in [0, 0.1) is 11.6 Å². The third kappa shape index (κ3) is 6.70. The lowest BCUT2D eigenvalue weighted by atomic mass is 10.2. The average Bonchev–Trinajstić information content (AvgIpc) is 3.34. The van der Waals surface area contributed by atoms with E-state index in [9.17, 15) is 18.4 Å². The summed E-state index contributed by atoms with van der Waals surface area (Å²) in [6.45, 7) is 0.760. The Balaban J connectivity index is 1.45. The van der Waals surface area contributed by atoms with Crippen molar-refractivity contribution in [1.29, 1.82) is 0 Å². The molecule has 4 rings (SSSR count). The normalized spacial score (nSPS) is 10.6. The number of hydrogen-bond acceptors (Lipinski definition) is 4. The summed E-state index contributed by atoms with van der Waals surface area (Å²) in [5.74, 6) is -2.36. The first kappa shape index (κ1) is 24.0. The van der Waals surface area contributed by atoms with Crippen molar-refractivity contribution in [3.63, 3.8) is 0 Å². The number of halogens is 2. The highest BCUT2D eigenvalue weighted by molar-refractivity contribution is 7.09. The quantitative estimate of drug-likeness (QED) is 0.337. The van der Waals surface area contributed by atoms with Crippen molar-refractivity contribution in [3.05, 3.63) is 118 Å². The molecule has 0 saturated heterocycles. The second-order valence-electron chi connectivity index (χ2n) is 7.70. The summed E-state index contributed by atoms with van der Waals surface area (Å²) in [6, 6.07) is 21.5. The molecule has 6 nitrogen and oxygen atoms in total. The number of amides is 3. The van der Waals surface area contributed by atoms with Gasteiger partial charge in [-0.3, -0.25) is 4.79 Å². The minimum Gasteiger partial charge on any atom is -0.347 e. The summed E-state index contributed by atoms with van der Waals surface area (Å²) in [5.41, 5.74) is 2.25. The zero-order chi connectivity index (χ0) is 24.6. The maximum Gasteiger partial charge on any atom is 0.322 e. The number of hydrogen-bond donors (Lipinski definition) is 2. The molecular weight excluding hydrogens is 470 g/mol. The molecule has 0 fully saturated rings. The van der Waals surface area contributed by atoms with Gasteiger partial charge in [0.2, 0.25) is 0 Å². The molecule has 0 radical (unpaired) electrons. The molecule has 178 valence electrons. The maximum atomic E-state index is 13.6. The number of anilines is 1.